The van der Waals surface area contributed by atoms with Gasteiger partial charge in [-0.15, -0.1) is 0 Å². The average molecular weight is 235 g/mol. The Bertz CT molecular complexity index is 406. The lowest BCUT2D eigenvalue weighted by atomic mass is 10.3. The predicted octanol–water partition coefficient (Wildman–Crippen LogP) is -0.0567. The van der Waals surface area contributed by atoms with Gasteiger partial charge in [-0.25, -0.2) is 4.98 Å². The van der Waals surface area contributed by atoms with E-state index < -0.39 is 0 Å². The van der Waals surface area contributed by atoms with Crippen molar-refractivity contribution in [2.75, 3.05) is 26.2 Å². The Kier molecular flexibility index (Phi) is 3.53. The highest BCUT2D eigenvalue weighted by Crippen LogP contribution is 2.05. The third-order valence-electron chi connectivity index (χ3n) is 2.87. The Morgan fingerprint density at radius 3 is 2.71 bits per heavy atom. The maximum absolute atomic E-state index is 11.4. The van der Waals surface area contributed by atoms with Crippen molar-refractivity contribution in [3.05, 3.63) is 24.3 Å². The summed E-state index contributed by atoms with van der Waals surface area (Å²) in [6.07, 6.45) is 1.37. The van der Waals surface area contributed by atoms with Crippen molar-refractivity contribution in [2.24, 2.45) is 0 Å². The zero-order valence-electron chi connectivity index (χ0n) is 10.0. The molecule has 0 saturated carbocycles. The molecule has 1 saturated heterocycles. The summed E-state index contributed by atoms with van der Waals surface area (Å²) in [7, 11) is 0. The number of aryl methyl sites for hydroxylation is 1. The van der Waals surface area contributed by atoms with Gasteiger partial charge >= 0.3 is 0 Å². The maximum Gasteiger partial charge on any atom is 0.246 e. The van der Waals surface area contributed by atoms with Crippen LogP contribution in [0.4, 0.5) is 0 Å². The average Bonchev–Trinajstić information content (AvgIpc) is 2.75. The lowest BCUT2D eigenvalue weighted by molar-refractivity contribution is -0.127. The van der Waals surface area contributed by atoms with Crippen molar-refractivity contribution in [3.8, 4) is 0 Å². The van der Waals surface area contributed by atoms with Crippen LogP contribution in [0, 0.1) is 6.92 Å². The summed E-state index contributed by atoms with van der Waals surface area (Å²) in [6, 6.07) is 0. The van der Waals surface area contributed by atoms with Crippen molar-refractivity contribution >= 4 is 5.91 Å². The first-order valence-corrected chi connectivity index (χ1v) is 5.70. The first-order chi connectivity index (χ1) is 8.19. The van der Waals surface area contributed by atoms with E-state index in [4.69, 9.17) is 0 Å². The summed E-state index contributed by atoms with van der Waals surface area (Å²) in [4.78, 5) is 19.7. The third kappa shape index (κ3) is 2.91. The number of aromatic nitrogens is 3. The number of rotatable bonds is 3. The zero-order chi connectivity index (χ0) is 12.3. The standard InChI is InChI=1S/C11H17N5O/c1-3-11(17)16-6-4-15(5-7-16)8-10-12-9(2)13-14-10/h3H,1,4-8H2,2H3,(H,12,13,14). The van der Waals surface area contributed by atoms with E-state index in [1.54, 1.807) is 0 Å². The number of carbonyl (C=O) groups is 1. The molecule has 1 fully saturated rings. The van der Waals surface area contributed by atoms with Gasteiger partial charge in [0.1, 0.15) is 5.82 Å². The van der Waals surface area contributed by atoms with Gasteiger partial charge in [-0.1, -0.05) is 6.58 Å². The van der Waals surface area contributed by atoms with Gasteiger partial charge < -0.3 is 4.90 Å². The Labute approximate surface area is 100 Å². The summed E-state index contributed by atoms with van der Waals surface area (Å²) in [6.45, 7) is 9.32. The fourth-order valence-corrected chi connectivity index (χ4v) is 1.92. The van der Waals surface area contributed by atoms with Crippen LogP contribution in [0.1, 0.15) is 11.6 Å². The van der Waals surface area contributed by atoms with Crippen LogP contribution in [0.3, 0.4) is 0 Å². The van der Waals surface area contributed by atoms with Crippen molar-refractivity contribution in [1.29, 1.82) is 0 Å². The van der Waals surface area contributed by atoms with Crippen molar-refractivity contribution in [3.63, 3.8) is 0 Å². The van der Waals surface area contributed by atoms with E-state index in [0.29, 0.717) is 0 Å². The molecule has 6 nitrogen and oxygen atoms in total. The molecule has 0 spiro atoms. The van der Waals surface area contributed by atoms with Crippen LogP contribution >= 0.6 is 0 Å². The molecule has 0 aliphatic carbocycles. The van der Waals surface area contributed by atoms with Crippen molar-refractivity contribution < 1.29 is 4.79 Å². The van der Waals surface area contributed by atoms with Crippen LogP contribution in [-0.4, -0.2) is 57.1 Å². The summed E-state index contributed by atoms with van der Waals surface area (Å²) in [5, 5.41) is 6.93. The first-order valence-electron chi connectivity index (χ1n) is 5.70. The molecule has 0 unspecified atom stereocenters. The molecule has 1 aromatic heterocycles. The Hall–Kier alpha value is -1.69. The van der Waals surface area contributed by atoms with Gasteiger partial charge in [0.15, 0.2) is 5.82 Å². The first kappa shape index (κ1) is 11.8. The highest BCUT2D eigenvalue weighted by atomic mass is 16.2. The van der Waals surface area contributed by atoms with Crippen molar-refractivity contribution in [1.82, 2.24) is 25.0 Å². The Balaban J connectivity index is 1.83. The number of hydrogen-bond donors (Lipinski definition) is 1. The SMILES string of the molecule is C=CC(=O)N1CCN(Cc2n[nH]c(C)n2)CC1. The number of hydrogen-bond acceptors (Lipinski definition) is 4. The topological polar surface area (TPSA) is 65.1 Å². The highest BCUT2D eigenvalue weighted by Gasteiger charge is 2.20. The highest BCUT2D eigenvalue weighted by molar-refractivity contribution is 5.87. The van der Waals surface area contributed by atoms with E-state index in [1.807, 2.05) is 11.8 Å². The smallest absolute Gasteiger partial charge is 0.246 e. The van der Waals surface area contributed by atoms with E-state index in [-0.39, 0.29) is 5.91 Å². The minimum Gasteiger partial charge on any atom is -0.337 e. The fourth-order valence-electron chi connectivity index (χ4n) is 1.92. The van der Waals surface area contributed by atoms with Crippen LogP contribution < -0.4 is 0 Å². The number of aromatic amines is 1. The van der Waals surface area contributed by atoms with E-state index in [9.17, 15) is 4.79 Å². The van der Waals surface area contributed by atoms with Gasteiger partial charge in [-0.3, -0.25) is 14.8 Å². The minimum absolute atomic E-state index is 0.0124. The third-order valence-corrected chi connectivity index (χ3v) is 2.87. The monoisotopic (exact) mass is 235 g/mol. The summed E-state index contributed by atoms with van der Waals surface area (Å²) in [5.41, 5.74) is 0. The molecule has 6 heteroatoms. The predicted molar refractivity (Wildman–Crippen MR) is 63.2 cm³/mol. The molecule has 0 radical (unpaired) electrons. The second-order valence-electron chi connectivity index (χ2n) is 4.14. The number of amides is 1. The lowest BCUT2D eigenvalue weighted by Gasteiger charge is -2.33. The second kappa shape index (κ2) is 5.09. The molecule has 92 valence electrons. The largest absolute Gasteiger partial charge is 0.337 e. The van der Waals surface area contributed by atoms with Gasteiger partial charge in [-0.2, -0.15) is 5.10 Å². The number of nitrogens with one attached hydrogen (secondary N) is 1. The molecule has 1 aliphatic heterocycles. The van der Waals surface area contributed by atoms with E-state index in [1.165, 1.54) is 6.08 Å². The van der Waals surface area contributed by atoms with Gasteiger partial charge in [0.2, 0.25) is 5.91 Å². The number of carbonyl (C=O) groups excluding carboxylic acids is 1. The summed E-state index contributed by atoms with van der Waals surface area (Å²) in [5.74, 6) is 1.66. The maximum atomic E-state index is 11.4. The fraction of sp³-hybridized carbons (Fsp3) is 0.545. The summed E-state index contributed by atoms with van der Waals surface area (Å²) >= 11 is 0. The molecule has 0 bridgehead atoms. The van der Waals surface area contributed by atoms with Crippen LogP contribution in [0.25, 0.3) is 0 Å². The normalized spacial score (nSPS) is 17.1. The quantitative estimate of drug-likeness (QED) is 0.746. The molecule has 2 rings (SSSR count). The minimum atomic E-state index is 0.0124. The molecule has 0 aromatic carbocycles. The van der Waals surface area contributed by atoms with Crippen LogP contribution in [-0.2, 0) is 11.3 Å². The van der Waals surface area contributed by atoms with E-state index in [0.717, 1.165) is 44.4 Å². The second-order valence-corrected chi connectivity index (χ2v) is 4.14. The van der Waals surface area contributed by atoms with Gasteiger partial charge in [0.05, 0.1) is 6.54 Å². The molecule has 1 amide bonds. The molecule has 1 aromatic rings. The number of nitrogens with zero attached hydrogens (tertiary/aromatic N) is 4. The molecule has 0 atom stereocenters. The van der Waals surface area contributed by atoms with E-state index >= 15 is 0 Å². The number of piperazine rings is 1. The van der Waals surface area contributed by atoms with Gasteiger partial charge in [0, 0.05) is 26.2 Å². The number of H-pyrrole nitrogens is 1. The Morgan fingerprint density at radius 2 is 2.18 bits per heavy atom. The molecular formula is C11H17N5O. The van der Waals surface area contributed by atoms with Crippen LogP contribution in [0.2, 0.25) is 0 Å². The zero-order valence-corrected chi connectivity index (χ0v) is 10.0. The van der Waals surface area contributed by atoms with E-state index in [2.05, 4.69) is 26.7 Å². The lowest BCUT2D eigenvalue weighted by Crippen LogP contribution is -2.47. The summed E-state index contributed by atoms with van der Waals surface area (Å²) < 4.78 is 0. The Morgan fingerprint density at radius 1 is 1.47 bits per heavy atom. The molecule has 1 aliphatic rings. The van der Waals surface area contributed by atoms with Crippen LogP contribution in [0.15, 0.2) is 12.7 Å². The van der Waals surface area contributed by atoms with Gasteiger partial charge in [-0.05, 0) is 13.0 Å². The van der Waals surface area contributed by atoms with Crippen molar-refractivity contribution in [2.45, 2.75) is 13.5 Å². The molecule has 17 heavy (non-hydrogen) atoms. The van der Waals surface area contributed by atoms with Crippen LogP contribution in [0.5, 0.6) is 0 Å². The molecule has 1 N–H and O–H groups in total. The van der Waals surface area contributed by atoms with Gasteiger partial charge in [0.25, 0.3) is 0 Å². The molecular weight excluding hydrogens is 218 g/mol. The molecule has 2 heterocycles.